The topological polar surface area (TPSA) is 24.3 Å². The van der Waals surface area contributed by atoms with Gasteiger partial charge in [0.05, 0.1) is 5.52 Å². The van der Waals surface area contributed by atoms with Gasteiger partial charge in [-0.25, -0.2) is 4.98 Å². The summed E-state index contributed by atoms with van der Waals surface area (Å²) in [4.78, 5) is 9.59. The first-order valence-electron chi connectivity index (χ1n) is 6.73. The Bertz CT molecular complexity index is 657. The predicted molar refractivity (Wildman–Crippen MR) is 90.6 cm³/mol. The molecule has 0 spiro atoms. The molecule has 20 heavy (non-hydrogen) atoms. The molecule has 0 bridgehead atoms. The van der Waals surface area contributed by atoms with Crippen LogP contribution in [-0.4, -0.2) is 47.7 Å². The quantitative estimate of drug-likeness (QED) is 0.733. The van der Waals surface area contributed by atoms with Crippen LogP contribution in [0.25, 0.3) is 11.0 Å². The second-order valence-electron chi connectivity index (χ2n) is 5.43. The Morgan fingerprint density at radius 3 is 2.40 bits per heavy atom. The average molecular weight is 402 g/mol. The third-order valence-corrected chi connectivity index (χ3v) is 5.85. The lowest BCUT2D eigenvalue weighted by molar-refractivity contribution is 0.310. The van der Waals surface area contributed by atoms with E-state index in [9.17, 15) is 0 Å². The Kier molecular flexibility index (Phi) is 3.81. The molecule has 108 valence electrons. The number of nitrogens with zero attached hydrogens (tertiary/aromatic N) is 4. The molecule has 4 nitrogen and oxygen atoms in total. The molecule has 2 heterocycles. The highest BCUT2D eigenvalue weighted by Crippen LogP contribution is 2.34. The first kappa shape index (κ1) is 14.4. The van der Waals surface area contributed by atoms with Crippen molar-refractivity contribution in [1.29, 1.82) is 0 Å². The first-order valence-corrected chi connectivity index (χ1v) is 8.32. The number of piperazine rings is 1. The molecule has 0 unspecified atom stereocenters. The van der Waals surface area contributed by atoms with Crippen LogP contribution in [-0.2, 0) is 7.05 Å². The smallest absolute Gasteiger partial charge is 0.206 e. The Labute approximate surface area is 136 Å². The zero-order valence-electron chi connectivity index (χ0n) is 12.0. The molecule has 2 aromatic rings. The van der Waals surface area contributed by atoms with Crippen molar-refractivity contribution in [3.8, 4) is 0 Å². The molecular formula is C14H18Br2N4. The maximum atomic E-state index is 4.87. The fourth-order valence-corrected chi connectivity index (χ4v) is 3.81. The van der Waals surface area contributed by atoms with Gasteiger partial charge in [-0.05, 0) is 41.5 Å². The molecule has 1 saturated heterocycles. The zero-order chi connectivity index (χ0) is 14.4. The van der Waals surface area contributed by atoms with Gasteiger partial charge < -0.3 is 14.4 Å². The Morgan fingerprint density at radius 2 is 1.75 bits per heavy atom. The number of benzene rings is 1. The third kappa shape index (κ3) is 2.27. The van der Waals surface area contributed by atoms with Crippen LogP contribution in [0.1, 0.15) is 5.56 Å². The van der Waals surface area contributed by atoms with Crippen molar-refractivity contribution >= 4 is 48.8 Å². The van der Waals surface area contributed by atoms with E-state index in [2.05, 4.69) is 73.3 Å². The number of halogens is 2. The van der Waals surface area contributed by atoms with Gasteiger partial charge in [-0.1, -0.05) is 15.9 Å². The van der Waals surface area contributed by atoms with Gasteiger partial charge in [-0.2, -0.15) is 0 Å². The maximum Gasteiger partial charge on any atom is 0.206 e. The van der Waals surface area contributed by atoms with Crippen LogP contribution in [0.4, 0.5) is 5.95 Å². The van der Waals surface area contributed by atoms with Crippen molar-refractivity contribution in [3.05, 3.63) is 20.6 Å². The molecule has 0 radical (unpaired) electrons. The zero-order valence-corrected chi connectivity index (χ0v) is 15.1. The summed E-state index contributed by atoms with van der Waals surface area (Å²) >= 11 is 7.30. The van der Waals surface area contributed by atoms with Gasteiger partial charge in [0.15, 0.2) is 0 Å². The number of hydrogen-bond donors (Lipinski definition) is 0. The molecular weight excluding hydrogens is 384 g/mol. The molecule has 0 atom stereocenters. The Morgan fingerprint density at radius 1 is 1.10 bits per heavy atom. The molecule has 1 aliphatic rings. The highest BCUT2D eigenvalue weighted by atomic mass is 79.9. The number of fused-ring (bicyclic) bond motifs is 1. The van der Waals surface area contributed by atoms with E-state index in [-0.39, 0.29) is 0 Å². The van der Waals surface area contributed by atoms with E-state index in [1.54, 1.807) is 0 Å². The van der Waals surface area contributed by atoms with Crippen LogP contribution in [0, 0.1) is 6.92 Å². The fourth-order valence-electron chi connectivity index (χ4n) is 2.63. The van der Waals surface area contributed by atoms with Crippen molar-refractivity contribution < 1.29 is 0 Å². The van der Waals surface area contributed by atoms with Gasteiger partial charge in [0.25, 0.3) is 0 Å². The monoisotopic (exact) mass is 400 g/mol. The van der Waals surface area contributed by atoms with E-state index >= 15 is 0 Å². The van der Waals surface area contributed by atoms with Gasteiger partial charge >= 0.3 is 0 Å². The highest BCUT2D eigenvalue weighted by molar-refractivity contribution is 9.11. The van der Waals surface area contributed by atoms with Crippen LogP contribution in [0.15, 0.2) is 15.0 Å². The van der Waals surface area contributed by atoms with Gasteiger partial charge in [-0.15, -0.1) is 0 Å². The summed E-state index contributed by atoms with van der Waals surface area (Å²) in [6.45, 7) is 6.34. The molecule has 0 aliphatic carbocycles. The maximum absolute atomic E-state index is 4.87. The third-order valence-electron chi connectivity index (χ3n) is 4.06. The minimum Gasteiger partial charge on any atom is -0.340 e. The van der Waals surface area contributed by atoms with E-state index in [1.165, 1.54) is 5.56 Å². The minimum atomic E-state index is 1.03. The molecule has 3 rings (SSSR count). The number of anilines is 1. The second kappa shape index (κ2) is 5.31. The van der Waals surface area contributed by atoms with Gasteiger partial charge in [0.1, 0.15) is 5.52 Å². The molecule has 6 heteroatoms. The van der Waals surface area contributed by atoms with Crippen LogP contribution in [0.2, 0.25) is 0 Å². The molecule has 1 fully saturated rings. The number of likely N-dealkylation sites (N-methyl/N-ethyl adjacent to an activating group) is 1. The van der Waals surface area contributed by atoms with Crippen LogP contribution in [0.3, 0.4) is 0 Å². The standard InChI is InChI=1S/C14H18Br2N4/c1-9-10(15)8-11-13(12(9)16)17-14(19(11)3)20-6-4-18(2)5-7-20/h8H,4-7H2,1-3H3. The summed E-state index contributed by atoms with van der Waals surface area (Å²) in [5.74, 6) is 1.06. The second-order valence-corrected chi connectivity index (χ2v) is 7.07. The van der Waals surface area contributed by atoms with Crippen LogP contribution in [0.5, 0.6) is 0 Å². The van der Waals surface area contributed by atoms with Crippen LogP contribution < -0.4 is 4.90 Å². The highest BCUT2D eigenvalue weighted by Gasteiger charge is 2.21. The Balaban J connectivity index is 2.09. The summed E-state index contributed by atoms with van der Waals surface area (Å²) < 4.78 is 4.39. The van der Waals surface area contributed by atoms with E-state index in [4.69, 9.17) is 4.98 Å². The number of hydrogen-bond acceptors (Lipinski definition) is 3. The van der Waals surface area contributed by atoms with Gasteiger partial charge in [-0.3, -0.25) is 0 Å². The molecule has 0 amide bonds. The van der Waals surface area contributed by atoms with Gasteiger partial charge in [0.2, 0.25) is 5.95 Å². The normalized spacial score (nSPS) is 17.1. The van der Waals surface area contributed by atoms with Crippen molar-refractivity contribution in [1.82, 2.24) is 14.5 Å². The summed E-state index contributed by atoms with van der Waals surface area (Å²) in [6.07, 6.45) is 0. The predicted octanol–water partition coefficient (Wildman–Crippen LogP) is 3.16. The van der Waals surface area contributed by atoms with Crippen molar-refractivity contribution in [2.45, 2.75) is 6.92 Å². The summed E-state index contributed by atoms with van der Waals surface area (Å²) in [5, 5.41) is 0. The molecule has 1 aliphatic heterocycles. The van der Waals surface area contributed by atoms with Gasteiger partial charge in [0, 0.05) is 42.2 Å². The largest absolute Gasteiger partial charge is 0.340 e. The van der Waals surface area contributed by atoms with E-state index in [0.29, 0.717) is 0 Å². The molecule has 1 aromatic heterocycles. The van der Waals surface area contributed by atoms with Crippen molar-refractivity contribution in [3.63, 3.8) is 0 Å². The average Bonchev–Trinajstić information content (AvgIpc) is 2.75. The lowest BCUT2D eigenvalue weighted by atomic mass is 10.2. The molecule has 1 aromatic carbocycles. The first-order chi connectivity index (χ1) is 9.49. The van der Waals surface area contributed by atoms with E-state index < -0.39 is 0 Å². The van der Waals surface area contributed by atoms with Crippen molar-refractivity contribution in [2.75, 3.05) is 38.1 Å². The number of imidazole rings is 1. The minimum absolute atomic E-state index is 1.03. The number of aryl methyl sites for hydroxylation is 1. The summed E-state index contributed by atoms with van der Waals surface area (Å²) in [6, 6.07) is 2.15. The van der Waals surface area contributed by atoms with Crippen LogP contribution >= 0.6 is 31.9 Å². The number of aromatic nitrogens is 2. The molecule has 0 saturated carbocycles. The summed E-state index contributed by atoms with van der Waals surface area (Å²) in [7, 11) is 4.26. The molecule has 0 N–H and O–H groups in total. The van der Waals surface area contributed by atoms with E-state index in [0.717, 1.165) is 52.1 Å². The van der Waals surface area contributed by atoms with Crippen molar-refractivity contribution in [2.24, 2.45) is 7.05 Å². The van der Waals surface area contributed by atoms with E-state index in [1.807, 2.05) is 0 Å². The number of rotatable bonds is 1. The lowest BCUT2D eigenvalue weighted by Crippen LogP contribution is -2.45. The SMILES string of the molecule is Cc1c(Br)cc2c(nc(N3CCN(C)CC3)n2C)c1Br. The fraction of sp³-hybridized carbons (Fsp3) is 0.500. The lowest BCUT2D eigenvalue weighted by Gasteiger charge is -2.32. The summed E-state index contributed by atoms with van der Waals surface area (Å²) in [5.41, 5.74) is 3.39. The Hall–Kier alpha value is -0.590.